The molecule has 6 nitrogen and oxygen atoms in total. The molecule has 1 heterocycles. The van der Waals surface area contributed by atoms with Gasteiger partial charge in [0.05, 0.1) is 17.5 Å². The molecule has 3 aromatic rings. The van der Waals surface area contributed by atoms with Gasteiger partial charge in [-0.3, -0.25) is 14.6 Å². The molecule has 2 N–H and O–H groups in total. The third-order valence-corrected chi connectivity index (χ3v) is 3.82. The third kappa shape index (κ3) is 4.85. The Kier molecular flexibility index (Phi) is 5.69. The number of amides is 2. The molecule has 0 aliphatic rings. The Labute approximate surface area is 157 Å². The molecular weight excluding hydrogens is 340 g/mol. The van der Waals surface area contributed by atoms with Crippen LogP contribution in [0.25, 0.3) is 0 Å². The third-order valence-electron chi connectivity index (χ3n) is 3.82. The highest BCUT2D eigenvalue weighted by molar-refractivity contribution is 6.09. The number of nitrogens with one attached hydrogen (secondary N) is 2. The first-order chi connectivity index (χ1) is 13.1. The highest BCUT2D eigenvalue weighted by Gasteiger charge is 2.13. The maximum atomic E-state index is 12.4. The molecule has 3 rings (SSSR count). The van der Waals surface area contributed by atoms with E-state index >= 15 is 0 Å². The molecule has 2 aromatic carbocycles. The Morgan fingerprint density at radius 3 is 2.37 bits per heavy atom. The van der Waals surface area contributed by atoms with E-state index in [0.29, 0.717) is 16.8 Å². The summed E-state index contributed by atoms with van der Waals surface area (Å²) in [6, 6.07) is 17.7. The fourth-order valence-electron chi connectivity index (χ4n) is 2.37. The number of aryl methyl sites for hydroxylation is 1. The van der Waals surface area contributed by atoms with Crippen molar-refractivity contribution < 1.29 is 9.59 Å². The standard InChI is InChI=1S/C21H18N4O2/c1-15-6-8-16(9-7-15)14-23-25-21(27)18-4-2-3-5-19(18)24-20(26)17-10-12-22-13-11-17/h2-14H,1H3,(H,24,26)(H,25,27). The topological polar surface area (TPSA) is 83.5 Å². The van der Waals surface area contributed by atoms with Crippen molar-refractivity contribution in [3.8, 4) is 0 Å². The molecule has 134 valence electrons. The van der Waals surface area contributed by atoms with Crippen LogP contribution in [0.15, 0.2) is 78.2 Å². The van der Waals surface area contributed by atoms with E-state index in [-0.39, 0.29) is 5.91 Å². The van der Waals surface area contributed by atoms with Gasteiger partial charge in [0, 0.05) is 18.0 Å². The number of hydrogen-bond acceptors (Lipinski definition) is 4. The van der Waals surface area contributed by atoms with Crippen LogP contribution in [-0.4, -0.2) is 23.0 Å². The molecule has 1 aromatic heterocycles. The smallest absolute Gasteiger partial charge is 0.273 e. The lowest BCUT2D eigenvalue weighted by atomic mass is 10.1. The molecule has 0 bridgehead atoms. The Bertz CT molecular complexity index is 967. The van der Waals surface area contributed by atoms with Gasteiger partial charge in [-0.15, -0.1) is 0 Å². The number of benzene rings is 2. The lowest BCUT2D eigenvalue weighted by Gasteiger charge is -2.09. The molecule has 0 radical (unpaired) electrons. The van der Waals surface area contributed by atoms with Gasteiger partial charge in [0.1, 0.15) is 0 Å². The van der Waals surface area contributed by atoms with Gasteiger partial charge in [-0.05, 0) is 36.8 Å². The molecule has 0 saturated heterocycles. The number of nitrogens with zero attached hydrogens (tertiary/aromatic N) is 2. The van der Waals surface area contributed by atoms with E-state index in [9.17, 15) is 9.59 Å². The van der Waals surface area contributed by atoms with E-state index in [0.717, 1.165) is 11.1 Å². The van der Waals surface area contributed by atoms with E-state index in [4.69, 9.17) is 0 Å². The van der Waals surface area contributed by atoms with E-state index < -0.39 is 5.91 Å². The van der Waals surface area contributed by atoms with Crippen LogP contribution < -0.4 is 10.7 Å². The minimum Gasteiger partial charge on any atom is -0.321 e. The molecule has 0 saturated carbocycles. The van der Waals surface area contributed by atoms with Crippen LogP contribution in [0.2, 0.25) is 0 Å². The number of aromatic nitrogens is 1. The highest BCUT2D eigenvalue weighted by atomic mass is 16.2. The molecular formula is C21H18N4O2. The van der Waals surface area contributed by atoms with Gasteiger partial charge in [-0.2, -0.15) is 5.10 Å². The summed E-state index contributed by atoms with van der Waals surface area (Å²) in [5.41, 5.74) is 5.69. The van der Waals surface area contributed by atoms with Crippen LogP contribution in [0.3, 0.4) is 0 Å². The average molecular weight is 358 g/mol. The Morgan fingerprint density at radius 1 is 0.926 bits per heavy atom. The van der Waals surface area contributed by atoms with Crippen molar-refractivity contribution in [2.75, 3.05) is 5.32 Å². The number of hydrazone groups is 1. The second kappa shape index (κ2) is 8.53. The molecule has 0 atom stereocenters. The maximum Gasteiger partial charge on any atom is 0.273 e. The van der Waals surface area contributed by atoms with Crippen molar-refractivity contribution in [2.45, 2.75) is 6.92 Å². The molecule has 0 aliphatic heterocycles. The van der Waals surface area contributed by atoms with Crippen molar-refractivity contribution in [3.05, 3.63) is 95.3 Å². The minimum absolute atomic E-state index is 0.319. The zero-order chi connectivity index (χ0) is 19.1. The summed E-state index contributed by atoms with van der Waals surface area (Å²) in [6.45, 7) is 2.00. The Balaban J connectivity index is 1.70. The van der Waals surface area contributed by atoms with Crippen LogP contribution in [0.4, 0.5) is 5.69 Å². The van der Waals surface area contributed by atoms with Crippen LogP contribution in [0, 0.1) is 6.92 Å². The van der Waals surface area contributed by atoms with Gasteiger partial charge in [0.25, 0.3) is 11.8 Å². The van der Waals surface area contributed by atoms with Crippen LogP contribution in [0.1, 0.15) is 31.8 Å². The number of rotatable bonds is 5. The van der Waals surface area contributed by atoms with Gasteiger partial charge in [-0.25, -0.2) is 5.43 Å². The average Bonchev–Trinajstić information content (AvgIpc) is 2.70. The monoisotopic (exact) mass is 358 g/mol. The summed E-state index contributed by atoms with van der Waals surface area (Å²) in [7, 11) is 0. The molecule has 0 unspecified atom stereocenters. The van der Waals surface area contributed by atoms with Gasteiger partial charge >= 0.3 is 0 Å². The SMILES string of the molecule is Cc1ccc(C=NNC(=O)c2ccccc2NC(=O)c2ccncc2)cc1. The molecule has 0 spiro atoms. The predicted molar refractivity (Wildman–Crippen MR) is 105 cm³/mol. The van der Waals surface area contributed by atoms with Crippen molar-refractivity contribution in [2.24, 2.45) is 5.10 Å². The van der Waals surface area contributed by atoms with Crippen molar-refractivity contribution in [3.63, 3.8) is 0 Å². The normalized spacial score (nSPS) is 10.6. The summed E-state index contributed by atoms with van der Waals surface area (Å²) in [5, 5.41) is 6.72. The largest absolute Gasteiger partial charge is 0.321 e. The summed E-state index contributed by atoms with van der Waals surface area (Å²) in [5.74, 6) is -0.732. The number of para-hydroxylation sites is 1. The van der Waals surface area contributed by atoms with Crippen LogP contribution in [0.5, 0.6) is 0 Å². The van der Waals surface area contributed by atoms with Crippen LogP contribution >= 0.6 is 0 Å². The number of anilines is 1. The summed E-state index contributed by atoms with van der Waals surface area (Å²) >= 11 is 0. The molecule has 0 aliphatic carbocycles. The molecule has 27 heavy (non-hydrogen) atoms. The van der Waals surface area contributed by atoms with E-state index in [2.05, 4.69) is 20.8 Å². The number of carbonyl (C=O) groups excluding carboxylic acids is 2. The van der Waals surface area contributed by atoms with Gasteiger partial charge in [0.2, 0.25) is 0 Å². The lowest BCUT2D eigenvalue weighted by molar-refractivity contribution is 0.0956. The second-order valence-corrected chi connectivity index (χ2v) is 5.85. The van der Waals surface area contributed by atoms with Crippen LogP contribution in [-0.2, 0) is 0 Å². The first-order valence-corrected chi connectivity index (χ1v) is 8.34. The quantitative estimate of drug-likeness (QED) is 0.541. The number of carbonyl (C=O) groups is 2. The van der Waals surface area contributed by atoms with Gasteiger partial charge < -0.3 is 5.32 Å². The zero-order valence-electron chi connectivity index (χ0n) is 14.7. The fraction of sp³-hybridized carbons (Fsp3) is 0.0476. The molecule has 2 amide bonds. The molecule has 0 fully saturated rings. The predicted octanol–water partition coefficient (Wildman–Crippen LogP) is 3.41. The Morgan fingerprint density at radius 2 is 1.63 bits per heavy atom. The lowest BCUT2D eigenvalue weighted by Crippen LogP contribution is -2.21. The minimum atomic E-state index is -0.413. The maximum absolute atomic E-state index is 12.4. The summed E-state index contributed by atoms with van der Waals surface area (Å²) < 4.78 is 0. The van der Waals surface area contributed by atoms with E-state index in [1.54, 1.807) is 42.6 Å². The van der Waals surface area contributed by atoms with Crippen molar-refractivity contribution in [1.82, 2.24) is 10.4 Å². The Hall–Kier alpha value is -3.80. The number of hydrogen-bond donors (Lipinski definition) is 2. The van der Waals surface area contributed by atoms with E-state index in [1.165, 1.54) is 12.4 Å². The second-order valence-electron chi connectivity index (χ2n) is 5.85. The zero-order valence-corrected chi connectivity index (χ0v) is 14.7. The van der Waals surface area contributed by atoms with Crippen molar-refractivity contribution in [1.29, 1.82) is 0 Å². The van der Waals surface area contributed by atoms with Gasteiger partial charge in [-0.1, -0.05) is 42.0 Å². The first-order valence-electron chi connectivity index (χ1n) is 8.34. The van der Waals surface area contributed by atoms with Gasteiger partial charge in [0.15, 0.2) is 0 Å². The van der Waals surface area contributed by atoms with Crippen molar-refractivity contribution >= 4 is 23.7 Å². The summed E-state index contributed by atoms with van der Waals surface area (Å²) in [6.07, 6.45) is 4.64. The fourth-order valence-corrected chi connectivity index (χ4v) is 2.37. The number of pyridine rings is 1. The van der Waals surface area contributed by atoms with E-state index in [1.807, 2.05) is 31.2 Å². The molecule has 6 heteroatoms. The first kappa shape index (κ1) is 18.0. The highest BCUT2D eigenvalue weighted by Crippen LogP contribution is 2.16. The summed E-state index contributed by atoms with van der Waals surface area (Å²) in [4.78, 5) is 28.6.